The standard InChI is InChI=1S/C27H23N2O.C18H24GeN.Ir/c1-27(2,3)16-18-11-12-28-24(13-18)20-9-10-25-22(14-20)23-15-21(17-29-26(23)30-25)19-7-5-4-6-8-19;1-14(2)11-16-12-18(15-9-7-6-8-10-15)20-13-17(16)19(3,4)5;/h4-8,10-15,17H,16H2,1-3H3;6-9,12-14H,11H2,1-5H3;/q2*-1;. The smallest absolute Gasteiger partial charge is 0 e. The summed E-state index contributed by atoms with van der Waals surface area (Å²) in [6.45, 7) is 11.3. The van der Waals surface area contributed by atoms with Crippen LogP contribution in [0.2, 0.25) is 17.3 Å². The van der Waals surface area contributed by atoms with E-state index in [1.54, 1.807) is 4.40 Å². The third-order valence-electron chi connectivity index (χ3n) is 8.61. The molecular formula is C45H47GeIrN3O-2. The van der Waals surface area contributed by atoms with Crippen molar-refractivity contribution in [3.05, 3.63) is 133 Å². The fourth-order valence-corrected chi connectivity index (χ4v) is 9.70. The SMILES string of the molecule is CC(C)(C)Cc1ccnc(-c2[c-]cc3oc4ncc(-c5ccccc5)cc4c3c2)c1.CC(C)Cc1cc(-c2[c-]cccc2)nc[c]1[Ge]([CH3])([CH3])[CH3].[Ir]. The molecular weight excluding hydrogens is 863 g/mol. The minimum atomic E-state index is -1.86. The summed E-state index contributed by atoms with van der Waals surface area (Å²) in [6.07, 6.45) is 8.02. The maximum absolute atomic E-state index is 5.96. The van der Waals surface area contributed by atoms with Crippen LogP contribution in [0.1, 0.15) is 45.7 Å². The van der Waals surface area contributed by atoms with Gasteiger partial charge in [-0.05, 0) is 35.2 Å². The zero-order chi connectivity index (χ0) is 35.5. The van der Waals surface area contributed by atoms with Gasteiger partial charge in [-0.2, -0.15) is 0 Å². The maximum Gasteiger partial charge on any atom is 0 e. The van der Waals surface area contributed by atoms with Crippen LogP contribution in [0.15, 0.2) is 114 Å². The van der Waals surface area contributed by atoms with E-state index in [0.717, 1.165) is 62.8 Å². The molecule has 0 spiro atoms. The second kappa shape index (κ2) is 16.2. The molecule has 0 bridgehead atoms. The van der Waals surface area contributed by atoms with Gasteiger partial charge < -0.3 is 9.40 Å². The van der Waals surface area contributed by atoms with Crippen molar-refractivity contribution < 1.29 is 24.5 Å². The van der Waals surface area contributed by atoms with E-state index in [4.69, 9.17) is 9.40 Å². The minimum absolute atomic E-state index is 0. The number of hydrogen-bond acceptors (Lipinski definition) is 4. The summed E-state index contributed by atoms with van der Waals surface area (Å²) in [6, 6.07) is 37.7. The third-order valence-corrected chi connectivity index (χ3v) is 12.9. The number of pyridine rings is 3. The number of furan rings is 1. The first-order valence-corrected chi connectivity index (χ1v) is 24.9. The average Bonchev–Trinajstić information content (AvgIpc) is 3.45. The first kappa shape index (κ1) is 38.3. The number of hydrogen-bond donors (Lipinski definition) is 0. The molecule has 0 saturated heterocycles. The van der Waals surface area contributed by atoms with Crippen molar-refractivity contribution in [1.82, 2.24) is 15.0 Å². The van der Waals surface area contributed by atoms with E-state index >= 15 is 0 Å². The van der Waals surface area contributed by atoms with Gasteiger partial charge >= 0.3 is 126 Å². The summed E-state index contributed by atoms with van der Waals surface area (Å²) in [5.41, 5.74) is 10.7. The van der Waals surface area contributed by atoms with Crippen molar-refractivity contribution in [3.8, 4) is 33.6 Å². The quantitative estimate of drug-likeness (QED) is 0.118. The molecule has 0 aliphatic carbocycles. The number of nitrogens with zero attached hydrogens (tertiary/aromatic N) is 3. The predicted octanol–water partition coefficient (Wildman–Crippen LogP) is 11.4. The van der Waals surface area contributed by atoms with E-state index in [1.807, 2.05) is 54.9 Å². The van der Waals surface area contributed by atoms with Gasteiger partial charge in [0.25, 0.3) is 0 Å². The molecule has 4 nitrogen and oxygen atoms in total. The average molecular weight is 911 g/mol. The Morgan fingerprint density at radius 2 is 1.49 bits per heavy atom. The van der Waals surface area contributed by atoms with Gasteiger partial charge in [0.15, 0.2) is 0 Å². The normalized spacial score (nSPS) is 11.7. The Morgan fingerprint density at radius 1 is 0.745 bits per heavy atom. The molecule has 6 heteroatoms. The molecule has 3 aromatic carbocycles. The Labute approximate surface area is 319 Å². The van der Waals surface area contributed by atoms with Crippen molar-refractivity contribution in [1.29, 1.82) is 0 Å². The van der Waals surface area contributed by atoms with E-state index in [9.17, 15) is 0 Å². The van der Waals surface area contributed by atoms with E-state index < -0.39 is 13.3 Å². The minimum Gasteiger partial charge on any atom is 0 e. The topological polar surface area (TPSA) is 51.8 Å². The molecule has 263 valence electrons. The molecule has 0 fully saturated rings. The molecule has 4 aromatic heterocycles. The summed E-state index contributed by atoms with van der Waals surface area (Å²) < 4.78 is 7.50. The van der Waals surface area contributed by atoms with Crippen molar-refractivity contribution in [2.45, 2.75) is 64.7 Å². The monoisotopic (exact) mass is 912 g/mol. The largest absolute Gasteiger partial charge is 0 e. The molecule has 0 amide bonds. The van der Waals surface area contributed by atoms with Gasteiger partial charge in [-0.1, -0.05) is 68.1 Å². The van der Waals surface area contributed by atoms with Crippen molar-refractivity contribution >= 4 is 39.7 Å². The molecule has 0 aliphatic heterocycles. The number of rotatable bonds is 7. The fourth-order valence-electron chi connectivity index (χ4n) is 6.37. The van der Waals surface area contributed by atoms with Crippen LogP contribution >= 0.6 is 0 Å². The van der Waals surface area contributed by atoms with Gasteiger partial charge in [0.05, 0.1) is 5.58 Å². The van der Waals surface area contributed by atoms with Crippen molar-refractivity contribution in [2.75, 3.05) is 0 Å². The van der Waals surface area contributed by atoms with Crippen LogP contribution < -0.4 is 4.40 Å². The van der Waals surface area contributed by atoms with Crippen molar-refractivity contribution in [2.24, 2.45) is 11.3 Å². The first-order valence-electron chi connectivity index (χ1n) is 17.6. The predicted molar refractivity (Wildman–Crippen MR) is 212 cm³/mol. The van der Waals surface area contributed by atoms with Crippen LogP contribution in [-0.2, 0) is 32.9 Å². The Balaban J connectivity index is 0.000000211. The number of fused-ring (bicyclic) bond motifs is 3. The second-order valence-corrected chi connectivity index (χ2v) is 26.4. The van der Waals surface area contributed by atoms with E-state index in [2.05, 4.69) is 129 Å². The van der Waals surface area contributed by atoms with E-state index in [1.165, 1.54) is 11.1 Å². The fraction of sp³-hybridized carbons (Fsp3) is 0.267. The summed E-state index contributed by atoms with van der Waals surface area (Å²) in [5, 5.41) is 2.04. The van der Waals surface area contributed by atoms with Gasteiger partial charge in [-0.15, -0.1) is 23.8 Å². The van der Waals surface area contributed by atoms with Crippen LogP contribution in [0.25, 0.3) is 55.7 Å². The Bertz CT molecular complexity index is 2220. The van der Waals surface area contributed by atoms with Crippen LogP contribution in [0.5, 0.6) is 0 Å². The number of aromatic nitrogens is 3. The van der Waals surface area contributed by atoms with Crippen LogP contribution in [0.4, 0.5) is 0 Å². The summed E-state index contributed by atoms with van der Waals surface area (Å²) in [7, 11) is 0. The summed E-state index contributed by atoms with van der Waals surface area (Å²) >= 11 is -1.86. The van der Waals surface area contributed by atoms with Crippen molar-refractivity contribution in [3.63, 3.8) is 0 Å². The molecule has 7 aromatic rings. The maximum atomic E-state index is 5.96. The van der Waals surface area contributed by atoms with Crippen LogP contribution in [0, 0.1) is 23.5 Å². The Kier molecular flexibility index (Phi) is 12.2. The zero-order valence-electron chi connectivity index (χ0n) is 31.0. The molecule has 0 saturated carbocycles. The first-order chi connectivity index (χ1) is 23.8. The van der Waals surface area contributed by atoms with Crippen LogP contribution in [0.3, 0.4) is 0 Å². The molecule has 0 N–H and O–H groups in total. The summed E-state index contributed by atoms with van der Waals surface area (Å²) in [4.78, 5) is 13.9. The molecule has 0 unspecified atom stereocenters. The Morgan fingerprint density at radius 3 is 2.18 bits per heavy atom. The number of benzene rings is 3. The van der Waals surface area contributed by atoms with E-state index in [-0.39, 0.29) is 25.5 Å². The second-order valence-electron chi connectivity index (χ2n) is 15.8. The summed E-state index contributed by atoms with van der Waals surface area (Å²) in [5.74, 6) is 7.99. The van der Waals surface area contributed by atoms with E-state index in [0.29, 0.717) is 11.6 Å². The van der Waals surface area contributed by atoms with Gasteiger partial charge in [-0.25, -0.2) is 4.98 Å². The molecule has 51 heavy (non-hydrogen) atoms. The van der Waals surface area contributed by atoms with Gasteiger partial charge in [-0.3, -0.25) is 0 Å². The molecule has 0 aliphatic rings. The van der Waals surface area contributed by atoms with Gasteiger partial charge in [0.2, 0.25) is 5.71 Å². The van der Waals surface area contributed by atoms with Gasteiger partial charge in [0.1, 0.15) is 0 Å². The molecule has 1 radical (unpaired) electrons. The molecule has 0 atom stereocenters. The van der Waals surface area contributed by atoms with Gasteiger partial charge in [0, 0.05) is 43.4 Å². The molecule has 7 rings (SSSR count). The third kappa shape index (κ3) is 9.71. The Hall–Kier alpha value is -3.90. The molecule has 4 heterocycles. The van der Waals surface area contributed by atoms with Crippen LogP contribution in [-0.4, -0.2) is 28.2 Å². The zero-order valence-corrected chi connectivity index (χ0v) is 35.5.